The summed E-state index contributed by atoms with van der Waals surface area (Å²) >= 11 is 2.24. The van der Waals surface area contributed by atoms with Crippen LogP contribution in [0.5, 0.6) is 0 Å². The highest BCUT2D eigenvalue weighted by Crippen LogP contribution is 2.21. The number of ketones is 1. The molecular weight excluding hydrogens is 299 g/mol. The summed E-state index contributed by atoms with van der Waals surface area (Å²) in [6.45, 7) is 0. The van der Waals surface area contributed by atoms with Gasteiger partial charge in [-0.2, -0.15) is 0 Å². The van der Waals surface area contributed by atoms with E-state index in [1.165, 1.54) is 6.42 Å². The second-order valence-corrected chi connectivity index (χ2v) is 5.06. The molecule has 1 aromatic carbocycles. The van der Waals surface area contributed by atoms with Crippen molar-refractivity contribution >= 4 is 28.4 Å². The Labute approximate surface area is 104 Å². The van der Waals surface area contributed by atoms with Crippen molar-refractivity contribution in [2.45, 2.75) is 25.7 Å². The van der Waals surface area contributed by atoms with Crippen molar-refractivity contribution in [3.63, 3.8) is 0 Å². The zero-order valence-corrected chi connectivity index (χ0v) is 10.7. The van der Waals surface area contributed by atoms with Crippen molar-refractivity contribution in [2.24, 2.45) is 0 Å². The van der Waals surface area contributed by atoms with Crippen LogP contribution in [0.25, 0.3) is 0 Å². The van der Waals surface area contributed by atoms with Crippen LogP contribution in [0.15, 0.2) is 35.9 Å². The van der Waals surface area contributed by atoms with E-state index in [4.69, 9.17) is 0 Å². The van der Waals surface area contributed by atoms with Crippen molar-refractivity contribution in [3.05, 3.63) is 45.0 Å². The van der Waals surface area contributed by atoms with Crippen LogP contribution in [-0.4, -0.2) is 5.78 Å². The van der Waals surface area contributed by atoms with E-state index in [9.17, 15) is 4.79 Å². The molecule has 1 aromatic rings. The summed E-state index contributed by atoms with van der Waals surface area (Å²) in [6.07, 6.45) is 6.49. The molecule has 0 N–H and O–H groups in total. The summed E-state index contributed by atoms with van der Waals surface area (Å²) in [5.74, 6) is 0.216. The van der Waals surface area contributed by atoms with Gasteiger partial charge in [0.1, 0.15) is 0 Å². The summed E-state index contributed by atoms with van der Waals surface area (Å²) in [4.78, 5) is 12.1. The first-order valence-electron chi connectivity index (χ1n) is 5.26. The average Bonchev–Trinajstić information content (AvgIpc) is 2.29. The number of carbonyl (C=O) groups is 1. The Morgan fingerprint density at radius 2 is 2.13 bits per heavy atom. The maximum Gasteiger partial charge on any atom is 0.188 e. The highest BCUT2D eigenvalue weighted by molar-refractivity contribution is 14.1. The molecule has 1 aliphatic rings. The first kappa shape index (κ1) is 10.9. The molecule has 0 aliphatic heterocycles. The summed E-state index contributed by atoms with van der Waals surface area (Å²) in [6, 6.07) is 7.81. The predicted molar refractivity (Wildman–Crippen MR) is 70.0 cm³/mol. The highest BCUT2D eigenvalue weighted by Gasteiger charge is 2.14. The SMILES string of the molecule is O=C(C1=CCCCC1)c1cccc(I)c1. The fraction of sp³-hybridized carbons (Fsp3) is 0.308. The van der Waals surface area contributed by atoms with Crippen molar-refractivity contribution in [2.75, 3.05) is 0 Å². The Morgan fingerprint density at radius 3 is 2.80 bits per heavy atom. The van der Waals surface area contributed by atoms with Gasteiger partial charge in [-0.05, 0) is 66.0 Å². The molecule has 1 aliphatic carbocycles. The smallest absolute Gasteiger partial charge is 0.188 e. The van der Waals surface area contributed by atoms with Gasteiger partial charge >= 0.3 is 0 Å². The minimum Gasteiger partial charge on any atom is -0.289 e. The first-order chi connectivity index (χ1) is 7.27. The molecule has 0 spiro atoms. The Bertz CT molecular complexity index is 407. The van der Waals surface area contributed by atoms with E-state index < -0.39 is 0 Å². The van der Waals surface area contributed by atoms with Crippen LogP contribution >= 0.6 is 22.6 Å². The molecule has 0 amide bonds. The molecule has 0 fully saturated rings. The number of halogens is 1. The predicted octanol–water partition coefficient (Wildman–Crippen LogP) is 3.97. The van der Waals surface area contributed by atoms with Gasteiger partial charge in [0.25, 0.3) is 0 Å². The summed E-state index contributed by atoms with van der Waals surface area (Å²) in [5.41, 5.74) is 1.83. The lowest BCUT2D eigenvalue weighted by Crippen LogP contribution is -2.06. The molecular formula is C13H13IO. The fourth-order valence-corrected chi connectivity index (χ4v) is 2.40. The van der Waals surface area contributed by atoms with Crippen molar-refractivity contribution < 1.29 is 4.79 Å². The maximum atomic E-state index is 12.1. The van der Waals surface area contributed by atoms with Gasteiger partial charge in [0.15, 0.2) is 5.78 Å². The number of benzene rings is 1. The highest BCUT2D eigenvalue weighted by atomic mass is 127. The largest absolute Gasteiger partial charge is 0.289 e. The molecule has 2 rings (SSSR count). The molecule has 0 unspecified atom stereocenters. The molecule has 0 aromatic heterocycles. The molecule has 0 saturated heterocycles. The minimum absolute atomic E-state index is 0.216. The van der Waals surface area contributed by atoms with E-state index in [1.807, 2.05) is 24.3 Å². The molecule has 2 heteroatoms. The molecule has 0 radical (unpaired) electrons. The van der Waals surface area contributed by atoms with E-state index in [-0.39, 0.29) is 5.78 Å². The lowest BCUT2D eigenvalue weighted by atomic mass is 9.93. The summed E-state index contributed by atoms with van der Waals surface area (Å²) in [5, 5.41) is 0. The van der Waals surface area contributed by atoms with Crippen LogP contribution in [-0.2, 0) is 0 Å². The van der Waals surface area contributed by atoms with Crippen molar-refractivity contribution in [3.8, 4) is 0 Å². The van der Waals surface area contributed by atoms with Gasteiger partial charge in [-0.1, -0.05) is 18.2 Å². The fourth-order valence-electron chi connectivity index (χ4n) is 1.86. The van der Waals surface area contributed by atoms with Crippen LogP contribution in [0.3, 0.4) is 0 Å². The Balaban J connectivity index is 2.24. The number of carbonyl (C=O) groups excluding carboxylic acids is 1. The van der Waals surface area contributed by atoms with E-state index >= 15 is 0 Å². The lowest BCUT2D eigenvalue weighted by molar-refractivity contribution is 0.102. The zero-order valence-electron chi connectivity index (χ0n) is 8.50. The molecule has 78 valence electrons. The average molecular weight is 312 g/mol. The number of rotatable bonds is 2. The summed E-state index contributed by atoms with van der Waals surface area (Å²) < 4.78 is 1.12. The van der Waals surface area contributed by atoms with Gasteiger partial charge in [-0.3, -0.25) is 4.79 Å². The Kier molecular flexibility index (Phi) is 3.57. The third kappa shape index (κ3) is 2.68. The van der Waals surface area contributed by atoms with E-state index in [0.717, 1.165) is 34.0 Å². The summed E-state index contributed by atoms with van der Waals surface area (Å²) in [7, 11) is 0. The van der Waals surface area contributed by atoms with Gasteiger partial charge in [-0.15, -0.1) is 0 Å². The van der Waals surface area contributed by atoms with Gasteiger partial charge in [0.05, 0.1) is 0 Å². The number of hydrogen-bond donors (Lipinski definition) is 0. The van der Waals surface area contributed by atoms with Gasteiger partial charge < -0.3 is 0 Å². The van der Waals surface area contributed by atoms with Crippen LogP contribution in [0.4, 0.5) is 0 Å². The van der Waals surface area contributed by atoms with E-state index in [1.54, 1.807) is 0 Å². The molecule has 0 saturated carbocycles. The van der Waals surface area contributed by atoms with E-state index in [0.29, 0.717) is 0 Å². The van der Waals surface area contributed by atoms with E-state index in [2.05, 4.69) is 28.7 Å². The molecule has 0 heterocycles. The number of hydrogen-bond acceptors (Lipinski definition) is 1. The van der Waals surface area contributed by atoms with Gasteiger partial charge in [0, 0.05) is 9.13 Å². The molecule has 1 nitrogen and oxygen atoms in total. The number of allylic oxidation sites excluding steroid dienone is 2. The quantitative estimate of drug-likeness (QED) is 0.596. The monoisotopic (exact) mass is 312 g/mol. The number of Topliss-reactive ketones (excluding diaryl/α,β-unsaturated/α-hetero) is 1. The second-order valence-electron chi connectivity index (χ2n) is 3.81. The maximum absolute atomic E-state index is 12.1. The lowest BCUT2D eigenvalue weighted by Gasteiger charge is -2.11. The van der Waals surface area contributed by atoms with Crippen LogP contribution < -0.4 is 0 Å². The molecule has 15 heavy (non-hydrogen) atoms. The van der Waals surface area contributed by atoms with Gasteiger partial charge in [0.2, 0.25) is 0 Å². The first-order valence-corrected chi connectivity index (χ1v) is 6.34. The Morgan fingerprint density at radius 1 is 1.27 bits per heavy atom. The van der Waals surface area contributed by atoms with Crippen LogP contribution in [0.1, 0.15) is 36.0 Å². The second kappa shape index (κ2) is 4.92. The topological polar surface area (TPSA) is 17.1 Å². The van der Waals surface area contributed by atoms with Crippen LogP contribution in [0, 0.1) is 3.57 Å². The zero-order chi connectivity index (χ0) is 10.7. The van der Waals surface area contributed by atoms with Gasteiger partial charge in [-0.25, -0.2) is 0 Å². The third-order valence-corrected chi connectivity index (χ3v) is 3.34. The molecule has 0 atom stereocenters. The standard InChI is InChI=1S/C13H13IO/c14-12-8-4-7-11(9-12)13(15)10-5-2-1-3-6-10/h4-5,7-9H,1-3,6H2. The van der Waals surface area contributed by atoms with Crippen molar-refractivity contribution in [1.82, 2.24) is 0 Å². The minimum atomic E-state index is 0.216. The van der Waals surface area contributed by atoms with Crippen molar-refractivity contribution in [1.29, 1.82) is 0 Å². The third-order valence-electron chi connectivity index (χ3n) is 2.67. The Hall–Kier alpha value is -0.640. The normalized spacial score (nSPS) is 15.9. The molecule has 0 bridgehead atoms. The van der Waals surface area contributed by atoms with Crippen LogP contribution in [0.2, 0.25) is 0 Å².